The van der Waals surface area contributed by atoms with Gasteiger partial charge in [0, 0.05) is 19.0 Å². The molecular formula is C23H21ClF2N6O4. The Balaban J connectivity index is 1.85. The van der Waals surface area contributed by atoms with Crippen molar-refractivity contribution in [3.8, 4) is 23.2 Å². The van der Waals surface area contributed by atoms with Gasteiger partial charge >= 0.3 is 12.1 Å². The first-order valence-electron chi connectivity index (χ1n) is 10.6. The molecule has 3 aromatic rings. The van der Waals surface area contributed by atoms with Gasteiger partial charge in [0.05, 0.1) is 17.0 Å². The maximum absolute atomic E-state index is 13.7. The number of pyridine rings is 2. The Kier molecular flexibility index (Phi) is 7.84. The van der Waals surface area contributed by atoms with Gasteiger partial charge in [-0.1, -0.05) is 35.6 Å². The molecule has 0 aromatic carbocycles. The second-order valence-corrected chi connectivity index (χ2v) is 8.00. The Bertz CT molecular complexity index is 1380. The average Bonchev–Trinajstić information content (AvgIpc) is 3.18. The minimum absolute atomic E-state index is 0.0333. The van der Waals surface area contributed by atoms with Gasteiger partial charge in [-0.2, -0.15) is 0 Å². The third kappa shape index (κ3) is 5.92. The van der Waals surface area contributed by atoms with Crippen LogP contribution in [0.15, 0.2) is 24.3 Å². The van der Waals surface area contributed by atoms with Crippen LogP contribution in [0.25, 0.3) is 11.4 Å². The van der Waals surface area contributed by atoms with E-state index in [2.05, 4.69) is 37.4 Å². The molecule has 0 saturated carbocycles. The van der Waals surface area contributed by atoms with Crippen LogP contribution in [0.1, 0.15) is 47.6 Å². The summed E-state index contributed by atoms with van der Waals surface area (Å²) >= 11 is 5.76. The van der Waals surface area contributed by atoms with Crippen LogP contribution >= 0.6 is 11.6 Å². The molecule has 10 nitrogen and oxygen atoms in total. The van der Waals surface area contributed by atoms with E-state index in [1.54, 1.807) is 19.1 Å². The zero-order valence-corrected chi connectivity index (χ0v) is 20.4. The molecule has 0 aliphatic heterocycles. The van der Waals surface area contributed by atoms with Crippen molar-refractivity contribution in [1.82, 2.24) is 25.0 Å². The molecule has 13 heteroatoms. The van der Waals surface area contributed by atoms with Gasteiger partial charge in [-0.05, 0) is 38.1 Å². The number of halogens is 3. The third-order valence-corrected chi connectivity index (χ3v) is 5.33. The van der Waals surface area contributed by atoms with Crippen molar-refractivity contribution in [2.45, 2.75) is 39.2 Å². The summed E-state index contributed by atoms with van der Waals surface area (Å²) in [5.41, 5.74) is 1.39. The second kappa shape index (κ2) is 10.7. The van der Waals surface area contributed by atoms with Crippen LogP contribution in [0.5, 0.6) is 0 Å². The van der Waals surface area contributed by atoms with Gasteiger partial charge in [-0.3, -0.25) is 5.32 Å². The van der Waals surface area contributed by atoms with E-state index in [1.807, 2.05) is 0 Å². The number of anilines is 1. The Labute approximate surface area is 209 Å². The molecule has 0 aliphatic carbocycles. The highest BCUT2D eigenvalue weighted by Crippen LogP contribution is 2.27. The summed E-state index contributed by atoms with van der Waals surface area (Å²) in [4.78, 5) is 31.8. The lowest BCUT2D eigenvalue weighted by Crippen LogP contribution is -2.36. The fourth-order valence-corrected chi connectivity index (χ4v) is 3.14. The summed E-state index contributed by atoms with van der Waals surface area (Å²) in [7, 11) is 1.50. The number of alkyl halides is 2. The fourth-order valence-electron chi connectivity index (χ4n) is 2.99. The lowest BCUT2D eigenvalue weighted by atomic mass is 10.1. The summed E-state index contributed by atoms with van der Waals surface area (Å²) in [6, 6.07) is 6.10. The number of aromatic carboxylic acids is 1. The SMILES string of the molecule is CCC(F)(F)[C@@H](C)OC(=O)Nc1c(-c2ccc(C#Cc3ccc(Cl)nc3C(=O)O)c(C)n2)nnn1C. The molecule has 0 aliphatic rings. The monoisotopic (exact) mass is 518 g/mol. The molecule has 3 heterocycles. The lowest BCUT2D eigenvalue weighted by Gasteiger charge is -2.22. The van der Waals surface area contributed by atoms with Gasteiger partial charge in [0.25, 0.3) is 5.92 Å². The number of ether oxygens (including phenoxy) is 1. The molecule has 1 amide bonds. The van der Waals surface area contributed by atoms with Crippen molar-refractivity contribution in [3.05, 3.63) is 51.9 Å². The number of rotatable bonds is 6. The number of hydrogen-bond acceptors (Lipinski definition) is 7. The number of carboxylic acid groups (broad SMARTS) is 1. The lowest BCUT2D eigenvalue weighted by molar-refractivity contribution is -0.102. The van der Waals surface area contributed by atoms with Gasteiger partial charge in [-0.25, -0.2) is 33.0 Å². The van der Waals surface area contributed by atoms with Crippen molar-refractivity contribution >= 4 is 29.5 Å². The third-order valence-electron chi connectivity index (χ3n) is 5.12. The molecule has 36 heavy (non-hydrogen) atoms. The van der Waals surface area contributed by atoms with E-state index in [9.17, 15) is 23.5 Å². The van der Waals surface area contributed by atoms with E-state index in [0.29, 0.717) is 17.0 Å². The number of carbonyl (C=O) groups excluding carboxylic acids is 1. The number of amides is 1. The highest BCUT2D eigenvalue weighted by Gasteiger charge is 2.37. The summed E-state index contributed by atoms with van der Waals surface area (Å²) < 4.78 is 33.5. The van der Waals surface area contributed by atoms with E-state index < -0.39 is 30.5 Å². The molecule has 0 saturated heterocycles. The molecule has 0 bridgehead atoms. The maximum Gasteiger partial charge on any atom is 0.413 e. The second-order valence-electron chi connectivity index (χ2n) is 7.61. The molecule has 0 spiro atoms. The Morgan fingerprint density at radius 2 is 1.89 bits per heavy atom. The molecule has 2 N–H and O–H groups in total. The summed E-state index contributed by atoms with van der Waals surface area (Å²) in [6.07, 6.45) is -3.21. The number of aryl methyl sites for hydroxylation is 2. The van der Waals surface area contributed by atoms with Crippen LogP contribution < -0.4 is 5.32 Å². The van der Waals surface area contributed by atoms with Crippen LogP contribution in [-0.4, -0.2) is 54.2 Å². The number of hydrogen-bond donors (Lipinski definition) is 2. The molecule has 3 rings (SSSR count). The van der Waals surface area contributed by atoms with Gasteiger partial charge in [0.1, 0.15) is 5.15 Å². The van der Waals surface area contributed by atoms with Crippen molar-refractivity contribution in [2.75, 3.05) is 5.32 Å². The standard InChI is InChI=1S/C23H21ClF2N6O4/c1-5-23(25,26)13(3)36-22(35)29-20-19(30-31-32(20)4)16-10-8-14(12(2)27-16)6-7-15-9-11-17(24)28-18(15)21(33)34/h8-11,13H,5H2,1-4H3,(H,29,35)(H,33,34)/t13-/m1/s1. The van der Waals surface area contributed by atoms with Gasteiger partial charge in [0.15, 0.2) is 23.3 Å². The van der Waals surface area contributed by atoms with Crippen LogP contribution in [0, 0.1) is 18.8 Å². The molecule has 0 fully saturated rings. The smallest absolute Gasteiger partial charge is 0.413 e. The molecule has 0 radical (unpaired) electrons. The highest BCUT2D eigenvalue weighted by atomic mass is 35.5. The van der Waals surface area contributed by atoms with Gasteiger partial charge in [0.2, 0.25) is 0 Å². The minimum atomic E-state index is -3.17. The van der Waals surface area contributed by atoms with Crippen molar-refractivity contribution in [1.29, 1.82) is 0 Å². The van der Waals surface area contributed by atoms with Crippen LogP contribution in [-0.2, 0) is 11.8 Å². The summed E-state index contributed by atoms with van der Waals surface area (Å²) in [6.45, 7) is 4.08. The molecule has 188 valence electrons. The number of carboxylic acids is 1. The first-order chi connectivity index (χ1) is 16.9. The number of nitrogens with one attached hydrogen (secondary N) is 1. The van der Waals surface area contributed by atoms with Crippen LogP contribution in [0.2, 0.25) is 5.15 Å². The minimum Gasteiger partial charge on any atom is -0.476 e. The van der Waals surface area contributed by atoms with Crippen LogP contribution in [0.4, 0.5) is 19.4 Å². The van der Waals surface area contributed by atoms with E-state index in [0.717, 1.165) is 6.92 Å². The predicted octanol–water partition coefficient (Wildman–Crippen LogP) is 4.31. The molecule has 3 aromatic heterocycles. The molecular weight excluding hydrogens is 498 g/mol. The number of carbonyl (C=O) groups is 2. The summed E-state index contributed by atoms with van der Waals surface area (Å²) in [5, 5.41) is 19.6. The van der Waals surface area contributed by atoms with Crippen molar-refractivity contribution in [2.24, 2.45) is 7.05 Å². The predicted molar refractivity (Wildman–Crippen MR) is 126 cm³/mol. The van der Waals surface area contributed by atoms with Gasteiger partial charge < -0.3 is 9.84 Å². The Hall–Kier alpha value is -4.11. The first-order valence-corrected chi connectivity index (χ1v) is 11.0. The van der Waals surface area contributed by atoms with E-state index >= 15 is 0 Å². The maximum atomic E-state index is 13.7. The highest BCUT2D eigenvalue weighted by molar-refractivity contribution is 6.29. The van der Waals surface area contributed by atoms with Crippen molar-refractivity contribution < 1.29 is 28.2 Å². The summed E-state index contributed by atoms with van der Waals surface area (Å²) in [5.74, 6) is 1.27. The van der Waals surface area contributed by atoms with Crippen molar-refractivity contribution in [3.63, 3.8) is 0 Å². The average molecular weight is 519 g/mol. The topological polar surface area (TPSA) is 132 Å². The fraction of sp³-hybridized carbons (Fsp3) is 0.304. The van der Waals surface area contributed by atoms with E-state index in [-0.39, 0.29) is 27.9 Å². The quantitative estimate of drug-likeness (QED) is 0.364. The Morgan fingerprint density at radius 3 is 2.53 bits per heavy atom. The number of aromatic nitrogens is 5. The molecule has 0 unspecified atom stereocenters. The number of nitrogens with zero attached hydrogens (tertiary/aromatic N) is 5. The first kappa shape index (κ1) is 26.5. The Morgan fingerprint density at radius 1 is 1.22 bits per heavy atom. The van der Waals surface area contributed by atoms with Gasteiger partial charge in [-0.15, -0.1) is 5.10 Å². The zero-order chi connectivity index (χ0) is 26.6. The zero-order valence-electron chi connectivity index (χ0n) is 19.6. The van der Waals surface area contributed by atoms with Crippen LogP contribution in [0.3, 0.4) is 0 Å². The normalized spacial score (nSPS) is 11.9. The van der Waals surface area contributed by atoms with E-state index in [1.165, 1.54) is 30.8 Å². The largest absolute Gasteiger partial charge is 0.476 e. The molecule has 1 atom stereocenters. The van der Waals surface area contributed by atoms with E-state index in [4.69, 9.17) is 16.3 Å².